The predicted octanol–water partition coefficient (Wildman–Crippen LogP) is 1.68. The molecule has 74 valence electrons. The highest BCUT2D eigenvalue weighted by molar-refractivity contribution is 7.10. The van der Waals surface area contributed by atoms with Gasteiger partial charge in [-0.05, 0) is 11.4 Å². The third kappa shape index (κ3) is 2.00. The summed E-state index contributed by atoms with van der Waals surface area (Å²) in [5.74, 6) is 1.18. The first-order chi connectivity index (χ1) is 6.75. The summed E-state index contributed by atoms with van der Waals surface area (Å²) in [7, 11) is 0. The van der Waals surface area contributed by atoms with Gasteiger partial charge in [0.1, 0.15) is 0 Å². The van der Waals surface area contributed by atoms with E-state index in [4.69, 9.17) is 10.2 Å². The van der Waals surface area contributed by atoms with Crippen LogP contribution in [0.25, 0.3) is 0 Å². The Morgan fingerprint density at radius 3 is 3.00 bits per heavy atom. The molecule has 0 fully saturated rings. The third-order valence-electron chi connectivity index (χ3n) is 1.87. The van der Waals surface area contributed by atoms with Crippen molar-refractivity contribution < 1.29 is 4.42 Å². The van der Waals surface area contributed by atoms with Gasteiger partial charge in [0.05, 0.1) is 0 Å². The van der Waals surface area contributed by atoms with Gasteiger partial charge in [-0.3, -0.25) is 0 Å². The van der Waals surface area contributed by atoms with Crippen molar-refractivity contribution in [2.45, 2.75) is 19.4 Å². The molecule has 2 aromatic heterocycles. The Balaban J connectivity index is 2.05. The summed E-state index contributed by atoms with van der Waals surface area (Å²) in [6.07, 6.45) is 0.599. The minimum absolute atomic E-state index is 0.0464. The van der Waals surface area contributed by atoms with Gasteiger partial charge in [-0.2, -0.15) is 0 Å². The van der Waals surface area contributed by atoms with Crippen LogP contribution in [0.1, 0.15) is 22.7 Å². The van der Waals surface area contributed by atoms with Crippen LogP contribution in [0.5, 0.6) is 0 Å². The van der Waals surface area contributed by atoms with E-state index in [-0.39, 0.29) is 6.04 Å². The van der Waals surface area contributed by atoms with Crippen molar-refractivity contribution >= 4 is 11.3 Å². The predicted molar refractivity (Wildman–Crippen MR) is 54.0 cm³/mol. The Morgan fingerprint density at radius 2 is 2.43 bits per heavy atom. The summed E-state index contributed by atoms with van der Waals surface area (Å²) in [6, 6.07) is 3.95. The Kier molecular flexibility index (Phi) is 2.60. The largest absolute Gasteiger partial charge is 0.426 e. The summed E-state index contributed by atoms with van der Waals surface area (Å²) < 4.78 is 5.25. The molecule has 0 bridgehead atoms. The van der Waals surface area contributed by atoms with Crippen molar-refractivity contribution in [2.24, 2.45) is 5.73 Å². The number of aromatic nitrogens is 2. The second-order valence-electron chi connectivity index (χ2n) is 3.04. The molecular weight excluding hydrogens is 198 g/mol. The summed E-state index contributed by atoms with van der Waals surface area (Å²) in [4.78, 5) is 1.14. The van der Waals surface area contributed by atoms with Crippen molar-refractivity contribution in [3.8, 4) is 0 Å². The number of aryl methyl sites for hydroxylation is 1. The van der Waals surface area contributed by atoms with Gasteiger partial charge in [0.2, 0.25) is 11.8 Å². The van der Waals surface area contributed by atoms with E-state index in [2.05, 4.69) is 10.2 Å². The fourth-order valence-corrected chi connectivity index (χ4v) is 1.94. The van der Waals surface area contributed by atoms with Gasteiger partial charge >= 0.3 is 0 Å². The Hall–Kier alpha value is -1.20. The number of nitrogens with zero attached hydrogens (tertiary/aromatic N) is 2. The first-order valence-corrected chi connectivity index (χ1v) is 5.21. The van der Waals surface area contributed by atoms with Crippen molar-refractivity contribution in [3.05, 3.63) is 34.2 Å². The van der Waals surface area contributed by atoms with Crippen LogP contribution in [-0.2, 0) is 6.42 Å². The van der Waals surface area contributed by atoms with E-state index in [1.54, 1.807) is 18.3 Å². The minimum atomic E-state index is -0.0464. The van der Waals surface area contributed by atoms with Crippen LogP contribution < -0.4 is 5.73 Å². The van der Waals surface area contributed by atoms with Crippen LogP contribution in [0.2, 0.25) is 0 Å². The number of hydrogen-bond acceptors (Lipinski definition) is 5. The lowest BCUT2D eigenvalue weighted by Gasteiger charge is -2.04. The molecule has 0 amide bonds. The molecular formula is C9H11N3OS. The zero-order valence-corrected chi connectivity index (χ0v) is 8.62. The average molecular weight is 209 g/mol. The molecule has 4 nitrogen and oxygen atoms in total. The number of nitrogens with two attached hydrogens (primary N) is 1. The van der Waals surface area contributed by atoms with Crippen LogP contribution in [0, 0.1) is 6.92 Å². The fraction of sp³-hybridized carbons (Fsp3) is 0.333. The molecule has 0 aliphatic rings. The maximum atomic E-state index is 5.96. The van der Waals surface area contributed by atoms with E-state index in [1.807, 2.05) is 17.5 Å². The summed E-state index contributed by atoms with van der Waals surface area (Å²) in [5.41, 5.74) is 5.96. The van der Waals surface area contributed by atoms with E-state index in [1.165, 1.54) is 0 Å². The van der Waals surface area contributed by atoms with Crippen molar-refractivity contribution in [1.82, 2.24) is 10.2 Å². The molecule has 0 aliphatic carbocycles. The first kappa shape index (κ1) is 9.36. The molecule has 1 atom stereocenters. The van der Waals surface area contributed by atoms with Gasteiger partial charge in [-0.1, -0.05) is 6.07 Å². The zero-order valence-electron chi connectivity index (χ0n) is 7.80. The van der Waals surface area contributed by atoms with Crippen molar-refractivity contribution in [1.29, 1.82) is 0 Å². The van der Waals surface area contributed by atoms with Crippen molar-refractivity contribution in [2.75, 3.05) is 0 Å². The van der Waals surface area contributed by atoms with Crippen LogP contribution >= 0.6 is 11.3 Å². The maximum Gasteiger partial charge on any atom is 0.218 e. The van der Waals surface area contributed by atoms with E-state index < -0.39 is 0 Å². The minimum Gasteiger partial charge on any atom is -0.426 e. The highest BCUT2D eigenvalue weighted by atomic mass is 32.1. The van der Waals surface area contributed by atoms with E-state index >= 15 is 0 Å². The maximum absolute atomic E-state index is 5.96. The number of thiophene rings is 1. The Labute approximate surface area is 85.8 Å². The molecule has 1 unspecified atom stereocenters. The highest BCUT2D eigenvalue weighted by Gasteiger charge is 2.11. The number of rotatable bonds is 3. The smallest absolute Gasteiger partial charge is 0.218 e. The fourth-order valence-electron chi connectivity index (χ4n) is 1.21. The third-order valence-corrected chi connectivity index (χ3v) is 2.88. The van der Waals surface area contributed by atoms with Gasteiger partial charge < -0.3 is 10.2 Å². The normalized spacial score (nSPS) is 13.0. The van der Waals surface area contributed by atoms with Gasteiger partial charge in [0.15, 0.2) is 0 Å². The van der Waals surface area contributed by atoms with Gasteiger partial charge in [-0.25, -0.2) is 0 Å². The Bertz CT molecular complexity index is 396. The highest BCUT2D eigenvalue weighted by Crippen LogP contribution is 2.19. The SMILES string of the molecule is Cc1nnc(CC(N)c2cccs2)o1. The first-order valence-electron chi connectivity index (χ1n) is 4.33. The van der Waals surface area contributed by atoms with Crippen LogP contribution in [0.15, 0.2) is 21.9 Å². The molecule has 2 heterocycles. The van der Waals surface area contributed by atoms with Crippen LogP contribution in [0.3, 0.4) is 0 Å². The van der Waals surface area contributed by atoms with Crippen molar-refractivity contribution in [3.63, 3.8) is 0 Å². The number of hydrogen-bond donors (Lipinski definition) is 1. The van der Waals surface area contributed by atoms with Crippen LogP contribution in [-0.4, -0.2) is 10.2 Å². The van der Waals surface area contributed by atoms with E-state index in [9.17, 15) is 0 Å². The van der Waals surface area contributed by atoms with E-state index in [0.29, 0.717) is 18.2 Å². The molecule has 0 aromatic carbocycles. The lowest BCUT2D eigenvalue weighted by molar-refractivity contribution is 0.452. The second-order valence-corrected chi connectivity index (χ2v) is 4.02. The Morgan fingerprint density at radius 1 is 1.57 bits per heavy atom. The second kappa shape index (κ2) is 3.89. The molecule has 0 saturated carbocycles. The molecule has 14 heavy (non-hydrogen) atoms. The molecule has 5 heteroatoms. The quantitative estimate of drug-likeness (QED) is 0.835. The molecule has 2 N–H and O–H groups in total. The van der Waals surface area contributed by atoms with Gasteiger partial charge in [0, 0.05) is 24.3 Å². The summed E-state index contributed by atoms with van der Waals surface area (Å²) >= 11 is 1.64. The lowest BCUT2D eigenvalue weighted by Crippen LogP contribution is -2.11. The molecule has 0 saturated heterocycles. The standard InChI is InChI=1S/C9H11N3OS/c1-6-11-12-9(13-6)5-7(10)8-3-2-4-14-8/h2-4,7H,5,10H2,1H3. The topological polar surface area (TPSA) is 64.9 Å². The van der Waals surface area contributed by atoms with E-state index in [0.717, 1.165) is 4.88 Å². The molecule has 0 aliphatic heterocycles. The average Bonchev–Trinajstić information content (AvgIpc) is 2.75. The molecule has 0 spiro atoms. The van der Waals surface area contributed by atoms with Gasteiger partial charge in [-0.15, -0.1) is 21.5 Å². The zero-order chi connectivity index (χ0) is 9.97. The monoisotopic (exact) mass is 209 g/mol. The molecule has 0 radical (unpaired) electrons. The lowest BCUT2D eigenvalue weighted by atomic mass is 10.2. The van der Waals surface area contributed by atoms with Gasteiger partial charge in [0.25, 0.3) is 0 Å². The summed E-state index contributed by atoms with van der Waals surface area (Å²) in [6.45, 7) is 1.77. The molecule has 2 rings (SSSR count). The molecule has 2 aromatic rings. The summed E-state index contributed by atoms with van der Waals surface area (Å²) in [5, 5.41) is 9.66. The van der Waals surface area contributed by atoms with Crippen LogP contribution in [0.4, 0.5) is 0 Å².